The lowest BCUT2D eigenvalue weighted by atomic mass is 10.2. The third kappa shape index (κ3) is 4.75. The molecule has 0 radical (unpaired) electrons. The number of carbonyl (C=O) groups is 1. The Morgan fingerprint density at radius 3 is 2.21 bits per heavy atom. The average Bonchev–Trinajstić information content (AvgIpc) is 2.49. The molecule has 0 aliphatic rings. The van der Waals surface area contributed by atoms with Crippen molar-refractivity contribution in [1.82, 2.24) is 5.32 Å². The summed E-state index contributed by atoms with van der Waals surface area (Å²) >= 11 is 0. The summed E-state index contributed by atoms with van der Waals surface area (Å²) in [7, 11) is 2.24. The number of benzene rings is 1. The van der Waals surface area contributed by atoms with Crippen molar-refractivity contribution in [1.29, 1.82) is 0 Å². The summed E-state index contributed by atoms with van der Waals surface area (Å²) in [6.45, 7) is 0.568. The predicted octanol–water partition coefficient (Wildman–Crippen LogP) is 1.68. The molecule has 1 rings (SSSR count). The minimum absolute atomic E-state index is 0.0693. The van der Waals surface area contributed by atoms with Gasteiger partial charge in [0.1, 0.15) is 0 Å². The highest BCUT2D eigenvalue weighted by molar-refractivity contribution is 6.60. The molecule has 1 N–H and O–H groups in total. The highest BCUT2D eigenvalue weighted by atomic mass is 28.4. The smallest absolute Gasteiger partial charge is 0.377 e. The van der Waals surface area contributed by atoms with Crippen molar-refractivity contribution in [2.75, 3.05) is 27.9 Å². The first-order valence-corrected chi connectivity index (χ1v) is 8.09. The highest BCUT2D eigenvalue weighted by Crippen LogP contribution is 2.14. The monoisotopic (exact) mass is 283 g/mol. The van der Waals surface area contributed by atoms with Gasteiger partial charge in [0.2, 0.25) is 0 Å². The van der Waals surface area contributed by atoms with Crippen LogP contribution in [0.25, 0.3) is 0 Å². The zero-order valence-corrected chi connectivity index (χ0v) is 12.6. The zero-order valence-electron chi connectivity index (χ0n) is 11.6. The van der Waals surface area contributed by atoms with E-state index in [0.717, 1.165) is 6.42 Å². The van der Waals surface area contributed by atoms with E-state index in [0.29, 0.717) is 18.2 Å². The van der Waals surface area contributed by atoms with Crippen LogP contribution in [0, 0.1) is 0 Å². The van der Waals surface area contributed by atoms with E-state index in [1.54, 1.807) is 33.5 Å². The molecule has 0 saturated carbocycles. The fourth-order valence-corrected chi connectivity index (χ4v) is 3.48. The Morgan fingerprint density at radius 2 is 1.68 bits per heavy atom. The van der Waals surface area contributed by atoms with Crippen LogP contribution in [0.1, 0.15) is 16.8 Å². The molecule has 0 saturated heterocycles. The summed E-state index contributed by atoms with van der Waals surface area (Å²) in [6.07, 6.45) is 0.750. The van der Waals surface area contributed by atoms with Gasteiger partial charge in [-0.1, -0.05) is 18.2 Å². The minimum atomic E-state index is -2.52. The summed E-state index contributed by atoms with van der Waals surface area (Å²) in [6, 6.07) is 9.81. The van der Waals surface area contributed by atoms with Crippen LogP contribution in [0.4, 0.5) is 0 Å². The Bertz CT molecular complexity index is 373. The number of hydrogen-bond donors (Lipinski definition) is 1. The van der Waals surface area contributed by atoms with Crippen molar-refractivity contribution >= 4 is 14.7 Å². The second-order valence-electron chi connectivity index (χ2n) is 4.02. The van der Waals surface area contributed by atoms with Crippen LogP contribution >= 0.6 is 0 Å². The third-order valence-corrected chi connectivity index (χ3v) is 5.75. The molecule has 0 aromatic heterocycles. The molecule has 6 heteroatoms. The third-order valence-electron chi connectivity index (χ3n) is 2.91. The molecular weight excluding hydrogens is 262 g/mol. The largest absolute Gasteiger partial charge is 0.500 e. The quantitative estimate of drug-likeness (QED) is 0.582. The molecule has 0 bridgehead atoms. The van der Waals surface area contributed by atoms with Gasteiger partial charge in [-0.05, 0) is 18.6 Å². The summed E-state index contributed by atoms with van der Waals surface area (Å²) < 4.78 is 15.9. The normalized spacial score (nSPS) is 11.3. The van der Waals surface area contributed by atoms with Crippen molar-refractivity contribution < 1.29 is 18.1 Å². The fraction of sp³-hybridized carbons (Fsp3) is 0.462. The van der Waals surface area contributed by atoms with E-state index in [1.165, 1.54) is 0 Å². The van der Waals surface area contributed by atoms with Crippen LogP contribution in [-0.4, -0.2) is 42.6 Å². The highest BCUT2D eigenvalue weighted by Gasteiger charge is 2.36. The Morgan fingerprint density at radius 1 is 1.11 bits per heavy atom. The number of nitrogens with one attached hydrogen (secondary N) is 1. The van der Waals surface area contributed by atoms with Gasteiger partial charge < -0.3 is 18.6 Å². The molecule has 0 aliphatic heterocycles. The SMILES string of the molecule is CO[Si](CCCNC(=O)c1ccccc1)(OC)OC. The zero-order chi connectivity index (χ0) is 14.1. The number of rotatable bonds is 8. The van der Waals surface area contributed by atoms with Crippen molar-refractivity contribution in [3.63, 3.8) is 0 Å². The van der Waals surface area contributed by atoms with Crippen LogP contribution in [0.15, 0.2) is 30.3 Å². The van der Waals surface area contributed by atoms with E-state index in [4.69, 9.17) is 13.3 Å². The van der Waals surface area contributed by atoms with Crippen molar-refractivity contribution in [2.45, 2.75) is 12.5 Å². The van der Waals surface area contributed by atoms with Gasteiger partial charge in [0.15, 0.2) is 0 Å². The minimum Gasteiger partial charge on any atom is -0.377 e. The first kappa shape index (κ1) is 15.8. The maximum absolute atomic E-state index is 11.8. The standard InChI is InChI=1S/C13H21NO4Si/c1-16-19(17-2,18-3)11-7-10-14-13(15)12-8-5-4-6-9-12/h4-6,8-9H,7,10-11H2,1-3H3,(H,14,15). The molecule has 1 aromatic carbocycles. The molecule has 0 atom stereocenters. The molecule has 0 heterocycles. The van der Waals surface area contributed by atoms with E-state index < -0.39 is 8.80 Å². The molecule has 5 nitrogen and oxygen atoms in total. The summed E-state index contributed by atoms with van der Waals surface area (Å²) in [5.74, 6) is -0.0693. The molecule has 1 amide bonds. The maximum Gasteiger partial charge on any atom is 0.500 e. The van der Waals surface area contributed by atoms with Crippen molar-refractivity contribution in [2.24, 2.45) is 0 Å². The lowest BCUT2D eigenvalue weighted by molar-refractivity contribution is 0.0949. The number of amides is 1. The Labute approximate surface area is 115 Å². The second-order valence-corrected chi connectivity index (χ2v) is 7.11. The van der Waals surface area contributed by atoms with Gasteiger partial charge >= 0.3 is 8.80 Å². The van der Waals surface area contributed by atoms with Gasteiger partial charge in [-0.15, -0.1) is 0 Å². The van der Waals surface area contributed by atoms with Gasteiger partial charge in [-0.25, -0.2) is 0 Å². The van der Waals surface area contributed by atoms with Gasteiger partial charge in [0, 0.05) is 39.5 Å². The number of carbonyl (C=O) groups excluding carboxylic acids is 1. The second kappa shape index (κ2) is 8.06. The van der Waals surface area contributed by atoms with E-state index in [-0.39, 0.29) is 5.91 Å². The van der Waals surface area contributed by atoms with Crippen LogP contribution < -0.4 is 5.32 Å². The van der Waals surface area contributed by atoms with Gasteiger partial charge in [-0.2, -0.15) is 0 Å². The van der Waals surface area contributed by atoms with Crippen molar-refractivity contribution in [3.05, 3.63) is 35.9 Å². The van der Waals surface area contributed by atoms with E-state index in [2.05, 4.69) is 5.32 Å². The molecule has 0 unspecified atom stereocenters. The van der Waals surface area contributed by atoms with E-state index >= 15 is 0 Å². The Balaban J connectivity index is 2.33. The molecule has 0 fully saturated rings. The molecule has 0 aliphatic carbocycles. The first-order valence-electron chi connectivity index (χ1n) is 6.16. The summed E-state index contributed by atoms with van der Waals surface area (Å²) in [5.41, 5.74) is 0.663. The average molecular weight is 283 g/mol. The first-order chi connectivity index (χ1) is 9.17. The van der Waals surface area contributed by atoms with E-state index in [9.17, 15) is 4.79 Å². The summed E-state index contributed by atoms with van der Waals surface area (Å²) in [5, 5.41) is 2.86. The maximum atomic E-state index is 11.8. The van der Waals surface area contributed by atoms with Crippen LogP contribution in [0.2, 0.25) is 6.04 Å². The van der Waals surface area contributed by atoms with Gasteiger partial charge in [-0.3, -0.25) is 4.79 Å². The van der Waals surface area contributed by atoms with E-state index in [1.807, 2.05) is 18.2 Å². The van der Waals surface area contributed by atoms with Crippen LogP contribution in [0.3, 0.4) is 0 Å². The molecule has 106 valence electrons. The lowest BCUT2D eigenvalue weighted by Gasteiger charge is -2.24. The topological polar surface area (TPSA) is 56.8 Å². The predicted molar refractivity (Wildman–Crippen MR) is 75.0 cm³/mol. The van der Waals surface area contributed by atoms with Crippen LogP contribution in [0.5, 0.6) is 0 Å². The fourth-order valence-electron chi connectivity index (χ4n) is 1.75. The van der Waals surface area contributed by atoms with Crippen LogP contribution in [-0.2, 0) is 13.3 Å². The van der Waals surface area contributed by atoms with Gasteiger partial charge in [0.25, 0.3) is 5.91 Å². The van der Waals surface area contributed by atoms with Crippen molar-refractivity contribution in [3.8, 4) is 0 Å². The van der Waals surface area contributed by atoms with Gasteiger partial charge in [0.05, 0.1) is 0 Å². The molecule has 1 aromatic rings. The molecule has 0 spiro atoms. The molecule has 19 heavy (non-hydrogen) atoms. The Hall–Kier alpha value is -1.21. The molecular formula is C13H21NO4Si. The summed E-state index contributed by atoms with van der Waals surface area (Å²) in [4.78, 5) is 11.8. The Kier molecular flexibility index (Phi) is 6.72. The number of hydrogen-bond acceptors (Lipinski definition) is 4. The lowest BCUT2D eigenvalue weighted by Crippen LogP contribution is -2.43.